The number of carbonyl (C=O) groups is 1. The van der Waals surface area contributed by atoms with E-state index in [9.17, 15) is 14.9 Å². The molecule has 1 saturated heterocycles. The van der Waals surface area contributed by atoms with Crippen LogP contribution in [0.5, 0.6) is 11.5 Å². The Labute approximate surface area is 146 Å². The van der Waals surface area contributed by atoms with E-state index >= 15 is 0 Å². The highest BCUT2D eigenvalue weighted by molar-refractivity contribution is 5.95. The van der Waals surface area contributed by atoms with Crippen molar-refractivity contribution >= 4 is 11.7 Å². The number of rotatable bonds is 6. The average Bonchev–Trinajstić information content (AvgIpc) is 2.60. The summed E-state index contributed by atoms with van der Waals surface area (Å²) in [5, 5.41) is 14.6. The summed E-state index contributed by atoms with van der Waals surface area (Å²) < 4.78 is 15.9. The normalized spacial score (nSPS) is 15.5. The second-order valence-electron chi connectivity index (χ2n) is 6.50. The van der Waals surface area contributed by atoms with Gasteiger partial charge in [0.1, 0.15) is 11.2 Å². The summed E-state index contributed by atoms with van der Waals surface area (Å²) in [4.78, 5) is 23.4. The lowest BCUT2D eigenvalue weighted by atomic mass is 9.83. The van der Waals surface area contributed by atoms with Gasteiger partial charge < -0.3 is 19.5 Å². The third-order valence-corrected chi connectivity index (χ3v) is 4.60. The Balaban J connectivity index is 2.32. The van der Waals surface area contributed by atoms with Crippen LogP contribution in [0.1, 0.15) is 37.0 Å². The number of ether oxygens (including phenoxy) is 3. The summed E-state index contributed by atoms with van der Waals surface area (Å²) in [7, 11) is 2.78. The quantitative estimate of drug-likeness (QED) is 0.477. The molecule has 0 radical (unpaired) electrons. The van der Waals surface area contributed by atoms with Gasteiger partial charge in [0.25, 0.3) is 5.69 Å². The Morgan fingerprint density at radius 1 is 1.20 bits per heavy atom. The number of nitro benzene ring substituents is 1. The molecule has 8 nitrogen and oxygen atoms in total. The molecule has 1 aliphatic rings. The third kappa shape index (κ3) is 4.19. The summed E-state index contributed by atoms with van der Waals surface area (Å²) in [5.74, 6) is -0.129. The molecule has 1 aromatic rings. The minimum absolute atomic E-state index is 0.148. The van der Waals surface area contributed by atoms with Gasteiger partial charge in [-0.1, -0.05) is 0 Å². The average molecular weight is 352 g/mol. The van der Waals surface area contributed by atoms with E-state index in [-0.39, 0.29) is 28.7 Å². The molecule has 8 heteroatoms. The topological polar surface area (TPSA) is 99.9 Å². The predicted molar refractivity (Wildman–Crippen MR) is 91.3 cm³/mol. The van der Waals surface area contributed by atoms with Gasteiger partial charge in [-0.25, -0.2) is 4.79 Å². The van der Waals surface area contributed by atoms with Gasteiger partial charge in [0.05, 0.1) is 25.2 Å². The second-order valence-corrected chi connectivity index (χ2v) is 6.50. The van der Waals surface area contributed by atoms with Crippen LogP contribution in [0.3, 0.4) is 0 Å². The summed E-state index contributed by atoms with van der Waals surface area (Å²) in [6.45, 7) is 5.41. The van der Waals surface area contributed by atoms with Crippen molar-refractivity contribution in [3.63, 3.8) is 0 Å². The van der Waals surface area contributed by atoms with Crippen LogP contribution in [0.15, 0.2) is 12.1 Å². The van der Waals surface area contributed by atoms with Crippen LogP contribution in [0, 0.1) is 16.0 Å². The summed E-state index contributed by atoms with van der Waals surface area (Å²) in [6, 6.07) is 2.46. The Bertz CT molecular complexity index is 653. The van der Waals surface area contributed by atoms with Crippen LogP contribution in [0.25, 0.3) is 0 Å². The maximum absolute atomic E-state index is 12.7. The molecule has 138 valence electrons. The van der Waals surface area contributed by atoms with Crippen molar-refractivity contribution in [2.24, 2.45) is 5.92 Å². The number of carbonyl (C=O) groups excluding carboxylic acids is 1. The fourth-order valence-electron chi connectivity index (χ4n) is 3.08. The van der Waals surface area contributed by atoms with Crippen molar-refractivity contribution < 1.29 is 23.9 Å². The molecule has 0 aliphatic carbocycles. The summed E-state index contributed by atoms with van der Waals surface area (Å²) >= 11 is 0. The van der Waals surface area contributed by atoms with Crippen LogP contribution in [-0.4, -0.2) is 43.8 Å². The summed E-state index contributed by atoms with van der Waals surface area (Å²) in [5.41, 5.74) is -1.24. The fourth-order valence-corrected chi connectivity index (χ4v) is 3.08. The van der Waals surface area contributed by atoms with Gasteiger partial charge in [0.2, 0.25) is 0 Å². The fraction of sp³-hybridized carbons (Fsp3) is 0.588. The number of esters is 1. The zero-order chi connectivity index (χ0) is 18.6. The van der Waals surface area contributed by atoms with Gasteiger partial charge in [-0.2, -0.15) is 0 Å². The molecule has 25 heavy (non-hydrogen) atoms. The van der Waals surface area contributed by atoms with Crippen molar-refractivity contribution in [2.45, 2.75) is 32.3 Å². The number of hydrogen-bond donors (Lipinski definition) is 1. The molecule has 1 N–H and O–H groups in total. The highest BCUT2D eigenvalue weighted by Gasteiger charge is 2.36. The minimum Gasteiger partial charge on any atom is -0.493 e. The molecule has 0 spiro atoms. The third-order valence-electron chi connectivity index (χ3n) is 4.60. The molecule has 0 amide bonds. The van der Waals surface area contributed by atoms with Crippen LogP contribution < -0.4 is 14.8 Å². The molecule has 0 saturated carbocycles. The molecular formula is C17H24N2O6. The van der Waals surface area contributed by atoms with E-state index in [0.717, 1.165) is 25.9 Å². The van der Waals surface area contributed by atoms with Crippen LogP contribution in [-0.2, 0) is 4.74 Å². The van der Waals surface area contributed by atoms with Gasteiger partial charge in [-0.3, -0.25) is 10.1 Å². The first-order valence-corrected chi connectivity index (χ1v) is 8.14. The first kappa shape index (κ1) is 19.0. The first-order valence-electron chi connectivity index (χ1n) is 8.14. The van der Waals surface area contributed by atoms with Crippen molar-refractivity contribution in [3.8, 4) is 11.5 Å². The molecular weight excluding hydrogens is 328 g/mol. The number of hydrogen-bond acceptors (Lipinski definition) is 7. The maximum Gasteiger partial charge on any atom is 0.345 e. The lowest BCUT2D eigenvalue weighted by Gasteiger charge is -2.36. The Morgan fingerprint density at radius 2 is 1.76 bits per heavy atom. The van der Waals surface area contributed by atoms with Crippen molar-refractivity contribution in [2.75, 3.05) is 27.3 Å². The number of benzene rings is 1. The van der Waals surface area contributed by atoms with Gasteiger partial charge >= 0.3 is 5.97 Å². The Morgan fingerprint density at radius 3 is 2.28 bits per heavy atom. The van der Waals surface area contributed by atoms with Crippen molar-refractivity contribution in [1.82, 2.24) is 5.32 Å². The van der Waals surface area contributed by atoms with Gasteiger partial charge in [0, 0.05) is 12.0 Å². The van der Waals surface area contributed by atoms with Crippen LogP contribution >= 0.6 is 0 Å². The maximum atomic E-state index is 12.7. The number of methoxy groups -OCH3 is 2. The lowest BCUT2D eigenvalue weighted by Crippen LogP contribution is -2.42. The number of nitrogens with zero attached hydrogens (tertiary/aromatic N) is 1. The number of nitrogens with one attached hydrogen (secondary N) is 1. The smallest absolute Gasteiger partial charge is 0.345 e. The minimum atomic E-state index is -0.740. The molecule has 0 atom stereocenters. The second kappa shape index (κ2) is 7.69. The van der Waals surface area contributed by atoms with E-state index in [4.69, 9.17) is 14.2 Å². The van der Waals surface area contributed by atoms with E-state index in [2.05, 4.69) is 5.32 Å². The first-order chi connectivity index (χ1) is 11.8. The molecule has 1 heterocycles. The number of piperidine rings is 1. The van der Waals surface area contributed by atoms with Crippen LogP contribution in [0.2, 0.25) is 0 Å². The van der Waals surface area contributed by atoms with Gasteiger partial charge in [-0.15, -0.1) is 0 Å². The van der Waals surface area contributed by atoms with Crippen molar-refractivity contribution in [1.29, 1.82) is 0 Å². The monoisotopic (exact) mass is 352 g/mol. The standard InChI is InChI=1S/C17H24N2O6/c1-17(2,11-5-7-18-8-6-11)25-16(20)12-9-14(23-3)15(24-4)10-13(12)19(21)22/h9-11,18H,5-8H2,1-4H3. The largest absolute Gasteiger partial charge is 0.493 e. The van der Waals surface area contributed by atoms with E-state index in [1.165, 1.54) is 26.4 Å². The van der Waals surface area contributed by atoms with Crippen LogP contribution in [0.4, 0.5) is 5.69 Å². The van der Waals surface area contributed by atoms with E-state index in [0.29, 0.717) is 0 Å². The SMILES string of the molecule is COc1cc(C(=O)OC(C)(C)C2CCNCC2)c([N+](=O)[O-])cc1OC. The molecule has 0 bridgehead atoms. The van der Waals surface area contributed by atoms with Crippen molar-refractivity contribution in [3.05, 3.63) is 27.8 Å². The van der Waals surface area contributed by atoms with E-state index in [1.807, 2.05) is 13.8 Å². The Kier molecular flexibility index (Phi) is 5.84. The highest BCUT2D eigenvalue weighted by atomic mass is 16.6. The highest BCUT2D eigenvalue weighted by Crippen LogP contribution is 2.36. The summed E-state index contributed by atoms with van der Waals surface area (Å²) in [6.07, 6.45) is 1.77. The molecule has 2 rings (SSSR count). The predicted octanol–water partition coefficient (Wildman–Crippen LogP) is 2.55. The zero-order valence-electron chi connectivity index (χ0n) is 15.0. The van der Waals surface area contributed by atoms with Gasteiger partial charge in [-0.05, 0) is 39.8 Å². The molecule has 0 unspecified atom stereocenters. The Hall–Kier alpha value is -2.35. The number of nitro groups is 1. The van der Waals surface area contributed by atoms with Gasteiger partial charge in [0.15, 0.2) is 11.5 Å². The molecule has 1 aromatic carbocycles. The lowest BCUT2D eigenvalue weighted by molar-refractivity contribution is -0.385. The van der Waals surface area contributed by atoms with E-state index in [1.54, 1.807) is 0 Å². The molecule has 0 aromatic heterocycles. The van der Waals surface area contributed by atoms with E-state index < -0.39 is 16.5 Å². The molecule has 1 fully saturated rings. The molecule has 1 aliphatic heterocycles. The zero-order valence-corrected chi connectivity index (χ0v) is 15.0.